The van der Waals surface area contributed by atoms with Crippen molar-refractivity contribution in [1.82, 2.24) is 34.6 Å². The molecular formula is C43H42N7O2. The van der Waals surface area contributed by atoms with Gasteiger partial charge in [0.25, 0.3) is 5.91 Å². The minimum Gasteiger partial charge on any atom is -0.340 e. The summed E-state index contributed by atoms with van der Waals surface area (Å²) in [5, 5.41) is 0. The van der Waals surface area contributed by atoms with E-state index in [4.69, 9.17) is 9.97 Å². The van der Waals surface area contributed by atoms with Crippen molar-refractivity contribution in [1.29, 1.82) is 0 Å². The highest BCUT2D eigenvalue weighted by Gasteiger charge is 2.37. The smallest absolute Gasteiger partial charge is 0.255 e. The Hall–Kier alpha value is -5.80. The first-order chi connectivity index (χ1) is 25.4. The van der Waals surface area contributed by atoms with Crippen LogP contribution in [0.2, 0.25) is 0 Å². The minimum absolute atomic E-state index is 0.00540. The van der Waals surface area contributed by atoms with Crippen molar-refractivity contribution in [2.45, 2.75) is 43.8 Å². The average Bonchev–Trinajstić information content (AvgIpc) is 4.02. The molecule has 4 heterocycles. The maximum absolute atomic E-state index is 13.9. The Balaban J connectivity index is 0.934. The van der Waals surface area contributed by atoms with Gasteiger partial charge in [-0.3, -0.25) is 14.5 Å². The molecule has 8 rings (SSSR count). The number of likely N-dealkylation sites (N-methyl/N-ethyl adjacent to an activating group) is 1. The van der Waals surface area contributed by atoms with Crippen LogP contribution in [0, 0.1) is 6.07 Å². The molecule has 0 saturated carbocycles. The lowest BCUT2D eigenvalue weighted by Gasteiger charge is -2.31. The zero-order chi connectivity index (χ0) is 35.6. The molecule has 2 fully saturated rings. The van der Waals surface area contributed by atoms with Gasteiger partial charge in [0, 0.05) is 18.7 Å². The summed E-state index contributed by atoms with van der Waals surface area (Å²) in [5.74, 6) is 1.74. The van der Waals surface area contributed by atoms with Gasteiger partial charge in [0.05, 0.1) is 35.9 Å². The van der Waals surface area contributed by atoms with E-state index in [1.165, 1.54) is 0 Å². The Bertz CT molecular complexity index is 2140. The van der Waals surface area contributed by atoms with E-state index < -0.39 is 0 Å². The van der Waals surface area contributed by atoms with Gasteiger partial charge in [-0.05, 0) is 79.7 Å². The zero-order valence-electron chi connectivity index (χ0n) is 29.5. The molecule has 0 aliphatic carbocycles. The number of imidazole rings is 2. The number of benzene rings is 4. The molecule has 0 unspecified atom stereocenters. The van der Waals surface area contributed by atoms with E-state index >= 15 is 0 Å². The Labute approximate surface area is 304 Å². The first kappa shape index (κ1) is 33.3. The summed E-state index contributed by atoms with van der Waals surface area (Å²) in [7, 11) is 3.92. The number of carbonyl (C=O) groups is 2. The van der Waals surface area contributed by atoms with Gasteiger partial charge in [-0.15, -0.1) is 0 Å². The third kappa shape index (κ3) is 6.55. The van der Waals surface area contributed by atoms with Crippen LogP contribution >= 0.6 is 0 Å². The van der Waals surface area contributed by atoms with Crippen molar-refractivity contribution in [2.75, 3.05) is 27.2 Å². The van der Waals surface area contributed by atoms with Gasteiger partial charge in [-0.25, -0.2) is 9.97 Å². The van der Waals surface area contributed by atoms with Gasteiger partial charge in [0.15, 0.2) is 0 Å². The second kappa shape index (κ2) is 14.4. The summed E-state index contributed by atoms with van der Waals surface area (Å²) in [6, 6.07) is 36.8. The maximum atomic E-state index is 13.9. The topological polar surface area (TPSA) is 101 Å². The molecule has 6 aromatic rings. The minimum atomic E-state index is -0.339. The molecule has 2 amide bonds. The Kier molecular flexibility index (Phi) is 9.26. The lowest BCUT2D eigenvalue weighted by Crippen LogP contribution is -2.40. The van der Waals surface area contributed by atoms with Crippen molar-refractivity contribution in [3.63, 3.8) is 0 Å². The van der Waals surface area contributed by atoms with Crippen LogP contribution in [0.25, 0.3) is 33.6 Å². The largest absolute Gasteiger partial charge is 0.340 e. The molecule has 261 valence electrons. The number of hydrogen-bond donors (Lipinski definition) is 2. The molecule has 9 nitrogen and oxygen atoms in total. The molecule has 3 atom stereocenters. The van der Waals surface area contributed by atoms with Gasteiger partial charge in [0.2, 0.25) is 5.91 Å². The lowest BCUT2D eigenvalue weighted by molar-refractivity contribution is -0.137. The fourth-order valence-electron chi connectivity index (χ4n) is 7.73. The number of nitrogens with zero attached hydrogens (tertiary/aromatic N) is 5. The first-order valence-corrected chi connectivity index (χ1v) is 18.0. The molecule has 9 heteroatoms. The molecule has 2 N–H and O–H groups in total. The summed E-state index contributed by atoms with van der Waals surface area (Å²) >= 11 is 0. The Morgan fingerprint density at radius 3 is 1.75 bits per heavy atom. The fourth-order valence-corrected chi connectivity index (χ4v) is 7.73. The van der Waals surface area contributed by atoms with E-state index in [2.05, 4.69) is 64.6 Å². The summed E-state index contributed by atoms with van der Waals surface area (Å²) in [5.41, 5.74) is 7.75. The molecule has 0 bridgehead atoms. The number of H-pyrrole nitrogens is 2. The molecule has 1 radical (unpaired) electrons. The van der Waals surface area contributed by atoms with Crippen molar-refractivity contribution >= 4 is 11.8 Å². The van der Waals surface area contributed by atoms with Gasteiger partial charge in [-0.1, -0.05) is 97.1 Å². The van der Waals surface area contributed by atoms with Crippen molar-refractivity contribution in [3.8, 4) is 33.6 Å². The van der Waals surface area contributed by atoms with Crippen LogP contribution < -0.4 is 0 Å². The number of likely N-dealkylation sites (tertiary alicyclic amines) is 2. The van der Waals surface area contributed by atoms with Crippen LogP contribution in [-0.2, 0) is 4.79 Å². The van der Waals surface area contributed by atoms with Gasteiger partial charge in [0.1, 0.15) is 17.7 Å². The molecule has 2 aliphatic heterocycles. The van der Waals surface area contributed by atoms with Gasteiger partial charge >= 0.3 is 0 Å². The predicted molar refractivity (Wildman–Crippen MR) is 202 cm³/mol. The standard InChI is InChI=1S/C43H42N7O2/c1-48(2)39(33-11-5-3-6-12-33)43(52)50-26-10-16-38(50)41-45-28-36(47-41)32-23-19-30(20-24-32)29-17-21-31(22-18-29)35-27-44-40(46-35)37-15-9-25-49(37)42(51)34-13-7-4-8-14-34/h3-8,11-13,17-24,27-28,37-39H,9-10,15-16,25-26H2,1-2H3,(H,44,46)(H,45,47)/t37-,38-,39+/m0/s1. The average molecular weight is 689 g/mol. The van der Waals surface area contributed by atoms with E-state index in [1.54, 1.807) is 6.07 Å². The molecule has 2 aliphatic rings. The summed E-state index contributed by atoms with van der Waals surface area (Å²) in [6.07, 6.45) is 7.39. The van der Waals surface area contributed by atoms with E-state index in [0.717, 1.165) is 83.1 Å². The van der Waals surface area contributed by atoms with Crippen LogP contribution in [0.15, 0.2) is 116 Å². The third-order valence-electron chi connectivity index (χ3n) is 10.4. The molecule has 52 heavy (non-hydrogen) atoms. The van der Waals surface area contributed by atoms with Gasteiger partial charge in [-0.2, -0.15) is 0 Å². The highest BCUT2D eigenvalue weighted by Crippen LogP contribution is 2.36. The maximum Gasteiger partial charge on any atom is 0.255 e. The number of aromatic nitrogens is 4. The predicted octanol–water partition coefficient (Wildman–Crippen LogP) is 7.88. The van der Waals surface area contributed by atoms with Crippen molar-refractivity contribution in [3.05, 3.63) is 144 Å². The highest BCUT2D eigenvalue weighted by atomic mass is 16.2. The Morgan fingerprint density at radius 2 is 1.21 bits per heavy atom. The zero-order valence-corrected chi connectivity index (χ0v) is 29.5. The van der Waals surface area contributed by atoms with Gasteiger partial charge < -0.3 is 19.8 Å². The van der Waals surface area contributed by atoms with Crippen LogP contribution in [0.4, 0.5) is 0 Å². The Morgan fingerprint density at radius 1 is 0.692 bits per heavy atom. The van der Waals surface area contributed by atoms with Crippen molar-refractivity contribution in [2.24, 2.45) is 0 Å². The van der Waals surface area contributed by atoms with E-state index in [1.807, 2.05) is 89.7 Å². The van der Waals surface area contributed by atoms with Crippen LogP contribution in [0.3, 0.4) is 0 Å². The quantitative estimate of drug-likeness (QED) is 0.161. The molecule has 0 spiro atoms. The van der Waals surface area contributed by atoms with Crippen LogP contribution in [0.1, 0.15) is 71.4 Å². The van der Waals surface area contributed by atoms with Crippen molar-refractivity contribution < 1.29 is 9.59 Å². The number of aromatic amines is 2. The fraction of sp³-hybridized carbons (Fsp3) is 0.256. The second-order valence-corrected chi connectivity index (χ2v) is 13.9. The number of rotatable bonds is 9. The molecular weight excluding hydrogens is 647 g/mol. The summed E-state index contributed by atoms with van der Waals surface area (Å²) in [4.78, 5) is 49.4. The van der Waals surface area contributed by atoms with E-state index in [-0.39, 0.29) is 29.9 Å². The number of amides is 2. The summed E-state index contributed by atoms with van der Waals surface area (Å²) < 4.78 is 0. The highest BCUT2D eigenvalue weighted by molar-refractivity contribution is 5.94. The summed E-state index contributed by atoms with van der Waals surface area (Å²) in [6.45, 7) is 1.43. The van der Waals surface area contributed by atoms with E-state index in [0.29, 0.717) is 12.1 Å². The molecule has 4 aromatic carbocycles. The SMILES string of the molecule is CN(C)[C@@H](C(=O)N1CCC[C@H]1c1ncc(-c2ccc(-c3ccc(-c4cnc([C@@H]5CCCN5C(=O)c5[c]cccc5)[nH]4)cc3)cc2)[nH]1)c1ccccc1. The monoisotopic (exact) mass is 688 g/mol. The molecule has 2 saturated heterocycles. The third-order valence-corrected chi connectivity index (χ3v) is 10.4. The second-order valence-electron chi connectivity index (χ2n) is 13.9. The number of nitrogens with one attached hydrogen (secondary N) is 2. The lowest BCUT2D eigenvalue weighted by atomic mass is 10.0. The number of hydrogen-bond acceptors (Lipinski definition) is 5. The number of carbonyl (C=O) groups excluding carboxylic acids is 2. The van der Waals surface area contributed by atoms with E-state index in [9.17, 15) is 9.59 Å². The van der Waals surface area contributed by atoms with Crippen LogP contribution in [-0.4, -0.2) is 73.6 Å². The van der Waals surface area contributed by atoms with Crippen LogP contribution in [0.5, 0.6) is 0 Å². The first-order valence-electron chi connectivity index (χ1n) is 18.0. The normalized spacial score (nSPS) is 17.9. The molecule has 2 aromatic heterocycles.